The van der Waals surface area contributed by atoms with Gasteiger partial charge in [-0.2, -0.15) is 0 Å². The van der Waals surface area contributed by atoms with E-state index < -0.39 is 0 Å². The predicted molar refractivity (Wildman–Crippen MR) is 67.9 cm³/mol. The minimum atomic E-state index is -0.283. The first-order valence-corrected chi connectivity index (χ1v) is 5.59. The van der Waals surface area contributed by atoms with Crippen molar-refractivity contribution in [3.05, 3.63) is 47.9 Å². The van der Waals surface area contributed by atoms with Crippen molar-refractivity contribution in [1.82, 2.24) is 9.97 Å². The Hall–Kier alpha value is -2.36. The zero-order chi connectivity index (χ0) is 12.7. The van der Waals surface area contributed by atoms with Crippen LogP contribution in [-0.4, -0.2) is 15.1 Å². The maximum atomic E-state index is 13.1. The van der Waals surface area contributed by atoms with Crippen LogP contribution in [0.1, 0.15) is 5.69 Å². The van der Waals surface area contributed by atoms with E-state index in [2.05, 4.69) is 9.97 Å². The molecular formula is C14H11FN2O. The fourth-order valence-corrected chi connectivity index (χ4v) is 1.98. The van der Waals surface area contributed by atoms with Crippen LogP contribution in [0.25, 0.3) is 22.3 Å². The van der Waals surface area contributed by atoms with Crippen LogP contribution in [0.15, 0.2) is 36.4 Å². The van der Waals surface area contributed by atoms with Crippen molar-refractivity contribution in [3.63, 3.8) is 0 Å². The largest absolute Gasteiger partial charge is 0.506 e. The average molecular weight is 242 g/mol. The minimum absolute atomic E-state index is 0.104. The van der Waals surface area contributed by atoms with Crippen LogP contribution in [0.2, 0.25) is 0 Å². The smallest absolute Gasteiger partial charge is 0.143 e. The Balaban J connectivity index is 2.22. The van der Waals surface area contributed by atoms with Gasteiger partial charge in [0, 0.05) is 16.6 Å². The van der Waals surface area contributed by atoms with E-state index in [1.54, 1.807) is 24.3 Å². The van der Waals surface area contributed by atoms with Gasteiger partial charge in [0.25, 0.3) is 0 Å². The second kappa shape index (κ2) is 3.84. The SMILES string of the molecule is Cc1ccc(O)c(-c2cc3cc(F)ccc3[nH]2)n1. The van der Waals surface area contributed by atoms with Gasteiger partial charge in [0.1, 0.15) is 17.3 Å². The number of rotatable bonds is 1. The maximum absolute atomic E-state index is 13.1. The van der Waals surface area contributed by atoms with Gasteiger partial charge >= 0.3 is 0 Å². The molecule has 1 aromatic carbocycles. The van der Waals surface area contributed by atoms with Gasteiger partial charge in [0.2, 0.25) is 0 Å². The van der Waals surface area contributed by atoms with Crippen LogP contribution < -0.4 is 0 Å². The van der Waals surface area contributed by atoms with Crippen LogP contribution in [-0.2, 0) is 0 Å². The Kier molecular flexibility index (Phi) is 2.30. The molecule has 0 unspecified atom stereocenters. The average Bonchev–Trinajstić information content (AvgIpc) is 2.74. The molecule has 0 spiro atoms. The highest BCUT2D eigenvalue weighted by Crippen LogP contribution is 2.29. The Bertz CT molecular complexity index is 734. The monoisotopic (exact) mass is 242 g/mol. The van der Waals surface area contributed by atoms with Gasteiger partial charge in [-0.15, -0.1) is 0 Å². The summed E-state index contributed by atoms with van der Waals surface area (Å²) >= 11 is 0. The fraction of sp³-hybridized carbons (Fsp3) is 0.0714. The van der Waals surface area contributed by atoms with Crippen molar-refractivity contribution in [2.45, 2.75) is 6.92 Å². The predicted octanol–water partition coefficient (Wildman–Crippen LogP) is 3.38. The Morgan fingerprint density at radius 1 is 1.17 bits per heavy atom. The number of hydrogen-bond donors (Lipinski definition) is 2. The molecule has 0 saturated heterocycles. The molecule has 0 aliphatic carbocycles. The zero-order valence-electron chi connectivity index (χ0n) is 9.74. The number of aromatic nitrogens is 2. The van der Waals surface area contributed by atoms with Crippen molar-refractivity contribution in [1.29, 1.82) is 0 Å². The quantitative estimate of drug-likeness (QED) is 0.687. The summed E-state index contributed by atoms with van der Waals surface area (Å²) in [6, 6.07) is 9.63. The van der Waals surface area contributed by atoms with Gasteiger partial charge in [0.05, 0.1) is 5.69 Å². The molecule has 2 N–H and O–H groups in total. The van der Waals surface area contributed by atoms with Gasteiger partial charge in [0.15, 0.2) is 0 Å². The van der Waals surface area contributed by atoms with Gasteiger partial charge < -0.3 is 10.1 Å². The van der Waals surface area contributed by atoms with E-state index in [4.69, 9.17) is 0 Å². The number of benzene rings is 1. The molecule has 0 atom stereocenters. The number of aryl methyl sites for hydroxylation is 1. The van der Waals surface area contributed by atoms with Gasteiger partial charge in [-0.25, -0.2) is 9.37 Å². The zero-order valence-corrected chi connectivity index (χ0v) is 9.74. The van der Waals surface area contributed by atoms with E-state index >= 15 is 0 Å². The molecule has 0 bridgehead atoms. The van der Waals surface area contributed by atoms with E-state index in [1.807, 2.05) is 6.92 Å². The molecule has 2 aromatic heterocycles. The lowest BCUT2D eigenvalue weighted by Crippen LogP contribution is -1.87. The summed E-state index contributed by atoms with van der Waals surface area (Å²) in [6.45, 7) is 1.85. The number of H-pyrrole nitrogens is 1. The summed E-state index contributed by atoms with van der Waals surface area (Å²) < 4.78 is 13.1. The third-order valence-corrected chi connectivity index (χ3v) is 2.85. The lowest BCUT2D eigenvalue weighted by atomic mass is 10.2. The Morgan fingerprint density at radius 3 is 2.83 bits per heavy atom. The molecule has 0 fully saturated rings. The number of aromatic amines is 1. The molecule has 4 heteroatoms. The molecule has 3 rings (SSSR count). The summed E-state index contributed by atoms with van der Waals surface area (Å²) in [5.41, 5.74) is 2.78. The van der Waals surface area contributed by atoms with Crippen LogP contribution >= 0.6 is 0 Å². The normalized spacial score (nSPS) is 11.0. The molecule has 0 saturated carbocycles. The Morgan fingerprint density at radius 2 is 2.00 bits per heavy atom. The highest BCUT2D eigenvalue weighted by molar-refractivity contribution is 5.86. The minimum Gasteiger partial charge on any atom is -0.506 e. The Labute approximate surface area is 103 Å². The summed E-state index contributed by atoms with van der Waals surface area (Å²) in [5, 5.41) is 10.6. The van der Waals surface area contributed by atoms with Crippen molar-refractivity contribution in [2.75, 3.05) is 0 Å². The number of fused-ring (bicyclic) bond motifs is 1. The van der Waals surface area contributed by atoms with Crippen molar-refractivity contribution < 1.29 is 9.50 Å². The lowest BCUT2D eigenvalue weighted by molar-refractivity contribution is 0.474. The number of nitrogens with zero attached hydrogens (tertiary/aromatic N) is 1. The van der Waals surface area contributed by atoms with Crippen LogP contribution in [0, 0.1) is 12.7 Å². The first-order valence-electron chi connectivity index (χ1n) is 5.59. The molecule has 0 aliphatic rings. The van der Waals surface area contributed by atoms with Crippen LogP contribution in [0.5, 0.6) is 5.75 Å². The first kappa shape index (κ1) is 10.8. The highest BCUT2D eigenvalue weighted by atomic mass is 19.1. The molecule has 0 radical (unpaired) electrons. The molecule has 0 amide bonds. The van der Waals surface area contributed by atoms with E-state index in [9.17, 15) is 9.50 Å². The summed E-state index contributed by atoms with van der Waals surface area (Å²) in [6.07, 6.45) is 0. The van der Waals surface area contributed by atoms with Crippen molar-refractivity contribution in [3.8, 4) is 17.1 Å². The molecule has 0 aliphatic heterocycles. The van der Waals surface area contributed by atoms with Gasteiger partial charge in [-0.3, -0.25) is 0 Å². The number of halogens is 1. The standard InChI is InChI=1S/C14H11FN2O/c1-8-2-5-13(18)14(16-8)12-7-9-6-10(15)3-4-11(9)17-12/h2-7,17-18H,1H3. The lowest BCUT2D eigenvalue weighted by Gasteiger charge is -2.01. The second-order valence-corrected chi connectivity index (χ2v) is 4.23. The first-order chi connectivity index (χ1) is 8.63. The number of aromatic hydroxyl groups is 1. The molecular weight excluding hydrogens is 231 g/mol. The van der Waals surface area contributed by atoms with E-state index in [1.165, 1.54) is 12.1 Å². The van der Waals surface area contributed by atoms with Gasteiger partial charge in [-0.1, -0.05) is 0 Å². The molecule has 90 valence electrons. The van der Waals surface area contributed by atoms with Crippen molar-refractivity contribution in [2.24, 2.45) is 0 Å². The molecule has 3 nitrogen and oxygen atoms in total. The fourth-order valence-electron chi connectivity index (χ4n) is 1.98. The molecule has 2 heterocycles. The second-order valence-electron chi connectivity index (χ2n) is 4.23. The summed E-state index contributed by atoms with van der Waals surface area (Å²) in [4.78, 5) is 7.40. The third kappa shape index (κ3) is 1.72. The highest BCUT2D eigenvalue weighted by Gasteiger charge is 2.10. The topological polar surface area (TPSA) is 48.9 Å². The maximum Gasteiger partial charge on any atom is 0.143 e. The number of pyridine rings is 1. The number of nitrogens with one attached hydrogen (secondary N) is 1. The summed E-state index contributed by atoms with van der Waals surface area (Å²) in [5.74, 6) is -0.179. The third-order valence-electron chi connectivity index (χ3n) is 2.85. The van der Waals surface area contributed by atoms with Crippen LogP contribution in [0.4, 0.5) is 4.39 Å². The van der Waals surface area contributed by atoms with E-state index in [0.29, 0.717) is 11.4 Å². The van der Waals surface area contributed by atoms with Gasteiger partial charge in [-0.05, 0) is 43.3 Å². The number of hydrogen-bond acceptors (Lipinski definition) is 2. The van der Waals surface area contributed by atoms with Crippen LogP contribution in [0.3, 0.4) is 0 Å². The summed E-state index contributed by atoms with van der Waals surface area (Å²) in [7, 11) is 0. The van der Waals surface area contributed by atoms with E-state index in [-0.39, 0.29) is 11.6 Å². The van der Waals surface area contributed by atoms with E-state index in [0.717, 1.165) is 16.6 Å². The van der Waals surface area contributed by atoms with Crippen molar-refractivity contribution >= 4 is 10.9 Å². The molecule has 3 aromatic rings. The molecule has 18 heavy (non-hydrogen) atoms.